The smallest absolute Gasteiger partial charge is 0.271 e. The molecule has 2 N–H and O–H groups in total. The first kappa shape index (κ1) is 15.9. The number of carbonyl (C=O) groups is 2. The van der Waals surface area contributed by atoms with Gasteiger partial charge in [-0.25, -0.2) is 4.98 Å². The van der Waals surface area contributed by atoms with Crippen molar-refractivity contribution in [1.29, 1.82) is 0 Å². The van der Waals surface area contributed by atoms with Gasteiger partial charge in [-0.3, -0.25) is 14.6 Å². The van der Waals surface area contributed by atoms with E-state index in [1.165, 1.54) is 6.20 Å². The molecule has 7 nitrogen and oxygen atoms in total. The van der Waals surface area contributed by atoms with Crippen molar-refractivity contribution in [3.05, 3.63) is 53.6 Å². The summed E-state index contributed by atoms with van der Waals surface area (Å²) in [6, 6.07) is 7.82. The second-order valence-electron chi connectivity index (χ2n) is 5.66. The fourth-order valence-electron chi connectivity index (χ4n) is 2.47. The van der Waals surface area contributed by atoms with Gasteiger partial charge in [0, 0.05) is 31.5 Å². The molecule has 0 atom stereocenters. The Balaban J connectivity index is 1.57. The zero-order chi connectivity index (χ0) is 16.9. The lowest BCUT2D eigenvalue weighted by atomic mass is 10.2. The molecule has 1 aromatic carbocycles. The summed E-state index contributed by atoms with van der Waals surface area (Å²) in [5, 5.41) is 5.63. The first-order chi connectivity index (χ1) is 11.6. The Morgan fingerprint density at radius 3 is 2.71 bits per heavy atom. The van der Waals surface area contributed by atoms with E-state index in [0.29, 0.717) is 25.3 Å². The maximum atomic E-state index is 12.0. The normalized spacial score (nSPS) is 14.2. The molecule has 3 rings (SSSR count). The Labute approximate surface area is 140 Å². The van der Waals surface area contributed by atoms with Crippen molar-refractivity contribution in [2.45, 2.75) is 13.5 Å². The summed E-state index contributed by atoms with van der Waals surface area (Å²) in [6.07, 6.45) is 3.04. The number of amides is 2. The Bertz CT molecular complexity index is 728. The van der Waals surface area contributed by atoms with E-state index in [2.05, 4.69) is 20.6 Å². The fraction of sp³-hybridized carbons (Fsp3) is 0.294. The van der Waals surface area contributed by atoms with Crippen LogP contribution in [-0.4, -0.2) is 41.4 Å². The zero-order valence-corrected chi connectivity index (χ0v) is 13.5. The van der Waals surface area contributed by atoms with Crippen LogP contribution in [0.5, 0.6) is 0 Å². The van der Waals surface area contributed by atoms with Crippen LogP contribution in [-0.2, 0) is 11.3 Å². The zero-order valence-electron chi connectivity index (χ0n) is 13.5. The number of aromatic nitrogens is 2. The molecular weight excluding hydrogens is 306 g/mol. The molecule has 0 saturated carbocycles. The monoisotopic (exact) mass is 325 g/mol. The molecule has 0 bridgehead atoms. The van der Waals surface area contributed by atoms with Crippen molar-refractivity contribution in [3.63, 3.8) is 0 Å². The van der Waals surface area contributed by atoms with Gasteiger partial charge in [0.15, 0.2) is 0 Å². The van der Waals surface area contributed by atoms with Crippen molar-refractivity contribution in [1.82, 2.24) is 20.6 Å². The average molecular weight is 325 g/mol. The molecule has 0 radical (unpaired) electrons. The first-order valence-corrected chi connectivity index (χ1v) is 7.79. The summed E-state index contributed by atoms with van der Waals surface area (Å²) in [5.74, 6) is -0.212. The number of carbonyl (C=O) groups excluding carboxylic acids is 2. The number of anilines is 1. The third-order valence-corrected chi connectivity index (χ3v) is 3.81. The van der Waals surface area contributed by atoms with Crippen molar-refractivity contribution in [2.75, 3.05) is 24.5 Å². The highest BCUT2D eigenvalue weighted by molar-refractivity contribution is 5.91. The summed E-state index contributed by atoms with van der Waals surface area (Å²) in [6.45, 7) is 4.07. The van der Waals surface area contributed by atoms with Gasteiger partial charge in [-0.2, -0.15) is 0 Å². The van der Waals surface area contributed by atoms with Gasteiger partial charge in [-0.1, -0.05) is 12.1 Å². The molecule has 1 aliphatic heterocycles. The molecule has 2 heterocycles. The van der Waals surface area contributed by atoms with E-state index in [9.17, 15) is 9.59 Å². The summed E-state index contributed by atoms with van der Waals surface area (Å²) >= 11 is 0. The number of piperazine rings is 1. The van der Waals surface area contributed by atoms with Crippen molar-refractivity contribution >= 4 is 17.5 Å². The van der Waals surface area contributed by atoms with Crippen molar-refractivity contribution in [2.24, 2.45) is 0 Å². The number of benzene rings is 1. The van der Waals surface area contributed by atoms with Gasteiger partial charge < -0.3 is 15.5 Å². The van der Waals surface area contributed by atoms with Gasteiger partial charge in [-0.15, -0.1) is 0 Å². The number of aryl methyl sites for hydroxylation is 1. The lowest BCUT2D eigenvalue weighted by Crippen LogP contribution is -2.47. The third-order valence-electron chi connectivity index (χ3n) is 3.81. The second kappa shape index (κ2) is 7.08. The number of rotatable bonds is 4. The molecule has 0 unspecified atom stereocenters. The molecule has 7 heteroatoms. The second-order valence-corrected chi connectivity index (χ2v) is 5.66. The summed E-state index contributed by atoms with van der Waals surface area (Å²) < 4.78 is 0. The molecule has 1 fully saturated rings. The molecule has 0 aliphatic carbocycles. The summed E-state index contributed by atoms with van der Waals surface area (Å²) in [4.78, 5) is 33.6. The standard InChI is InChI=1S/C17H19N5O2/c1-12-8-20-15(10-19-12)17(24)21-9-13-2-4-14(5-3-13)22-7-6-18-16(23)11-22/h2-5,8,10H,6-7,9,11H2,1H3,(H,18,23)(H,21,24). The first-order valence-electron chi connectivity index (χ1n) is 7.79. The van der Waals surface area contributed by atoms with Crippen LogP contribution >= 0.6 is 0 Å². The largest absolute Gasteiger partial charge is 0.360 e. The van der Waals surface area contributed by atoms with E-state index in [4.69, 9.17) is 0 Å². The minimum atomic E-state index is -0.251. The summed E-state index contributed by atoms with van der Waals surface area (Å²) in [5.41, 5.74) is 3.06. The van der Waals surface area contributed by atoms with E-state index in [1.807, 2.05) is 36.1 Å². The minimum absolute atomic E-state index is 0.0387. The molecule has 2 aromatic rings. The van der Waals surface area contributed by atoms with Gasteiger partial charge in [0.1, 0.15) is 5.69 Å². The van der Waals surface area contributed by atoms with E-state index >= 15 is 0 Å². The van der Waals surface area contributed by atoms with E-state index in [1.54, 1.807) is 6.20 Å². The van der Waals surface area contributed by atoms with Gasteiger partial charge in [-0.05, 0) is 24.6 Å². The predicted molar refractivity (Wildman–Crippen MR) is 89.6 cm³/mol. The van der Waals surface area contributed by atoms with Crippen LogP contribution < -0.4 is 15.5 Å². The van der Waals surface area contributed by atoms with Crippen molar-refractivity contribution < 1.29 is 9.59 Å². The lowest BCUT2D eigenvalue weighted by Gasteiger charge is -2.28. The van der Waals surface area contributed by atoms with E-state index in [0.717, 1.165) is 23.5 Å². The SMILES string of the molecule is Cc1cnc(C(=O)NCc2ccc(N3CCNC(=O)C3)cc2)cn1. The van der Waals surface area contributed by atoms with E-state index < -0.39 is 0 Å². The van der Waals surface area contributed by atoms with Gasteiger partial charge in [0.05, 0.1) is 18.4 Å². The minimum Gasteiger partial charge on any atom is -0.360 e. The van der Waals surface area contributed by atoms with Gasteiger partial charge in [0.2, 0.25) is 5.91 Å². The van der Waals surface area contributed by atoms with Crippen LogP contribution in [0.3, 0.4) is 0 Å². The van der Waals surface area contributed by atoms with E-state index in [-0.39, 0.29) is 11.8 Å². The van der Waals surface area contributed by atoms with Crippen LogP contribution in [0, 0.1) is 6.92 Å². The molecule has 1 aliphatic rings. The van der Waals surface area contributed by atoms with Crippen LogP contribution in [0.15, 0.2) is 36.7 Å². The van der Waals surface area contributed by atoms with Gasteiger partial charge in [0.25, 0.3) is 5.91 Å². The molecule has 1 aromatic heterocycles. The number of nitrogens with one attached hydrogen (secondary N) is 2. The predicted octanol–water partition coefficient (Wildman–Crippen LogP) is 0.651. The lowest BCUT2D eigenvalue weighted by molar-refractivity contribution is -0.120. The molecule has 124 valence electrons. The van der Waals surface area contributed by atoms with Crippen LogP contribution in [0.1, 0.15) is 21.7 Å². The highest BCUT2D eigenvalue weighted by Gasteiger charge is 2.16. The quantitative estimate of drug-likeness (QED) is 0.862. The maximum absolute atomic E-state index is 12.0. The average Bonchev–Trinajstić information content (AvgIpc) is 2.61. The van der Waals surface area contributed by atoms with Crippen LogP contribution in [0.4, 0.5) is 5.69 Å². The maximum Gasteiger partial charge on any atom is 0.271 e. The number of hydrogen-bond donors (Lipinski definition) is 2. The summed E-state index contributed by atoms with van der Waals surface area (Å²) in [7, 11) is 0. The fourth-order valence-corrected chi connectivity index (χ4v) is 2.47. The number of nitrogens with zero attached hydrogens (tertiary/aromatic N) is 3. The van der Waals surface area contributed by atoms with Gasteiger partial charge >= 0.3 is 0 Å². The third kappa shape index (κ3) is 3.87. The van der Waals surface area contributed by atoms with Crippen LogP contribution in [0.25, 0.3) is 0 Å². The molecule has 1 saturated heterocycles. The Kier molecular flexibility index (Phi) is 4.69. The Hall–Kier alpha value is -2.96. The highest BCUT2D eigenvalue weighted by atomic mass is 16.2. The topological polar surface area (TPSA) is 87.2 Å². The van der Waals surface area contributed by atoms with Crippen LogP contribution in [0.2, 0.25) is 0 Å². The van der Waals surface area contributed by atoms with Crippen molar-refractivity contribution in [3.8, 4) is 0 Å². The molecule has 2 amide bonds. The number of hydrogen-bond acceptors (Lipinski definition) is 5. The molecule has 0 spiro atoms. The highest BCUT2D eigenvalue weighted by Crippen LogP contribution is 2.16. The molecular formula is C17H19N5O2. The molecule has 24 heavy (non-hydrogen) atoms. The Morgan fingerprint density at radius 2 is 2.04 bits per heavy atom. The Morgan fingerprint density at radius 1 is 1.25 bits per heavy atom.